The predicted molar refractivity (Wildman–Crippen MR) is 92.3 cm³/mol. The third-order valence-corrected chi connectivity index (χ3v) is 3.30. The summed E-state index contributed by atoms with van der Waals surface area (Å²) in [5.41, 5.74) is 5.48. The van der Waals surface area contributed by atoms with E-state index in [1.54, 1.807) is 23.2 Å². The van der Waals surface area contributed by atoms with Gasteiger partial charge in [0.05, 0.1) is 34.1 Å². The Morgan fingerprint density at radius 1 is 0.950 bits per heavy atom. The highest BCUT2D eigenvalue weighted by molar-refractivity contribution is 8.14. The molecule has 0 spiro atoms. The molecule has 102 valence electrons. The molecule has 0 aliphatic rings. The van der Waals surface area contributed by atoms with E-state index in [4.69, 9.17) is 5.26 Å². The number of rotatable bonds is 6. The fraction of sp³-hybridized carbons (Fsp3) is 0.133. The van der Waals surface area contributed by atoms with Crippen molar-refractivity contribution in [3.8, 4) is 6.07 Å². The largest absolute Gasteiger partial charge is 0.250 e. The van der Waals surface area contributed by atoms with Crippen molar-refractivity contribution in [2.75, 3.05) is 0 Å². The van der Waals surface area contributed by atoms with E-state index in [0.717, 1.165) is 11.4 Å². The molecule has 0 bridgehead atoms. The SMILES string of the molecule is C/C=C\S/C=N/c1cc(C#N)cc(/N=C/S/C=C\C)c1. The van der Waals surface area contributed by atoms with E-state index in [1.807, 2.05) is 42.9 Å². The van der Waals surface area contributed by atoms with Crippen LogP contribution < -0.4 is 0 Å². The smallest absolute Gasteiger partial charge is 0.0993 e. The molecule has 0 unspecified atom stereocenters. The molecule has 0 amide bonds. The second-order valence-corrected chi connectivity index (χ2v) is 5.04. The topological polar surface area (TPSA) is 48.5 Å². The number of aliphatic imine (C=N–C) groups is 2. The van der Waals surface area contributed by atoms with Crippen LogP contribution in [0.4, 0.5) is 11.4 Å². The third-order valence-electron chi connectivity index (χ3n) is 1.99. The average molecular weight is 301 g/mol. The second-order valence-electron chi connectivity index (χ2n) is 3.53. The van der Waals surface area contributed by atoms with Gasteiger partial charge < -0.3 is 0 Å². The van der Waals surface area contributed by atoms with E-state index in [1.165, 1.54) is 23.5 Å². The molecule has 0 aliphatic heterocycles. The van der Waals surface area contributed by atoms with E-state index in [9.17, 15) is 0 Å². The van der Waals surface area contributed by atoms with Crippen molar-refractivity contribution in [2.45, 2.75) is 13.8 Å². The van der Waals surface area contributed by atoms with Gasteiger partial charge in [-0.3, -0.25) is 0 Å². The summed E-state index contributed by atoms with van der Waals surface area (Å²) in [6.07, 6.45) is 3.88. The zero-order valence-corrected chi connectivity index (χ0v) is 13.0. The van der Waals surface area contributed by atoms with Gasteiger partial charge in [0.2, 0.25) is 0 Å². The average Bonchev–Trinajstić information content (AvgIpc) is 2.48. The highest BCUT2D eigenvalue weighted by Gasteiger charge is 1.98. The van der Waals surface area contributed by atoms with Gasteiger partial charge in [0.1, 0.15) is 0 Å². The van der Waals surface area contributed by atoms with Gasteiger partial charge in [-0.05, 0) is 42.9 Å². The Labute approximate surface area is 128 Å². The fourth-order valence-electron chi connectivity index (χ4n) is 1.22. The molecule has 20 heavy (non-hydrogen) atoms. The lowest BCUT2D eigenvalue weighted by Crippen LogP contribution is -1.75. The monoisotopic (exact) mass is 301 g/mol. The van der Waals surface area contributed by atoms with Gasteiger partial charge in [0.25, 0.3) is 0 Å². The van der Waals surface area contributed by atoms with E-state index in [-0.39, 0.29) is 0 Å². The Morgan fingerprint density at radius 2 is 1.45 bits per heavy atom. The summed E-state index contributed by atoms with van der Waals surface area (Å²) in [6, 6.07) is 7.45. The lowest BCUT2D eigenvalue weighted by atomic mass is 10.2. The maximum atomic E-state index is 9.02. The molecule has 0 saturated heterocycles. The summed E-state index contributed by atoms with van der Waals surface area (Å²) in [6.45, 7) is 3.90. The van der Waals surface area contributed by atoms with Crippen LogP contribution >= 0.6 is 23.5 Å². The third kappa shape index (κ3) is 6.41. The van der Waals surface area contributed by atoms with Crippen molar-refractivity contribution in [2.24, 2.45) is 9.98 Å². The molecule has 5 heteroatoms. The summed E-state index contributed by atoms with van der Waals surface area (Å²) >= 11 is 2.97. The number of benzene rings is 1. The van der Waals surface area contributed by atoms with Crippen LogP contribution in [-0.4, -0.2) is 11.1 Å². The van der Waals surface area contributed by atoms with E-state index >= 15 is 0 Å². The Morgan fingerprint density at radius 3 is 1.85 bits per heavy atom. The number of hydrogen-bond acceptors (Lipinski definition) is 5. The fourth-order valence-corrected chi connectivity index (χ4v) is 2.04. The molecule has 1 rings (SSSR count). The number of hydrogen-bond donors (Lipinski definition) is 0. The summed E-state index contributed by atoms with van der Waals surface area (Å²) < 4.78 is 0. The molecule has 0 aliphatic carbocycles. The van der Waals surface area contributed by atoms with Gasteiger partial charge in [0, 0.05) is 0 Å². The van der Waals surface area contributed by atoms with Crippen LogP contribution in [0.1, 0.15) is 19.4 Å². The van der Waals surface area contributed by atoms with Gasteiger partial charge in [-0.1, -0.05) is 35.7 Å². The predicted octanol–water partition coefficient (Wildman–Crippen LogP) is 5.41. The Kier molecular flexibility index (Phi) is 8.20. The molecule has 0 heterocycles. The summed E-state index contributed by atoms with van der Waals surface area (Å²) in [5.74, 6) is 0. The number of allylic oxidation sites excluding steroid dienone is 2. The van der Waals surface area contributed by atoms with Gasteiger partial charge in [-0.2, -0.15) is 5.26 Å². The van der Waals surface area contributed by atoms with Crippen LogP contribution in [-0.2, 0) is 0 Å². The minimum Gasteiger partial charge on any atom is -0.250 e. The van der Waals surface area contributed by atoms with Gasteiger partial charge in [0.15, 0.2) is 0 Å². The first-order valence-corrected chi connectivity index (χ1v) is 7.82. The zero-order chi connectivity index (χ0) is 14.6. The van der Waals surface area contributed by atoms with E-state index in [2.05, 4.69) is 16.1 Å². The summed E-state index contributed by atoms with van der Waals surface area (Å²) in [4.78, 5) is 8.60. The van der Waals surface area contributed by atoms with Crippen LogP contribution in [0, 0.1) is 11.3 Å². The van der Waals surface area contributed by atoms with Crippen LogP contribution in [0.5, 0.6) is 0 Å². The van der Waals surface area contributed by atoms with Crippen molar-refractivity contribution in [3.05, 3.63) is 46.7 Å². The highest BCUT2D eigenvalue weighted by atomic mass is 32.2. The van der Waals surface area contributed by atoms with E-state index < -0.39 is 0 Å². The highest BCUT2D eigenvalue weighted by Crippen LogP contribution is 2.24. The van der Waals surface area contributed by atoms with Crippen molar-refractivity contribution in [1.82, 2.24) is 0 Å². The first kappa shape index (κ1) is 16.3. The molecule has 0 saturated carbocycles. The van der Waals surface area contributed by atoms with Crippen molar-refractivity contribution in [1.29, 1.82) is 5.26 Å². The molecule has 1 aromatic carbocycles. The Bertz CT molecular complexity index is 539. The molecule has 3 nitrogen and oxygen atoms in total. The van der Waals surface area contributed by atoms with Crippen LogP contribution in [0.25, 0.3) is 0 Å². The molecule has 0 aromatic heterocycles. The number of nitrogens with zero attached hydrogens (tertiary/aromatic N) is 3. The lowest BCUT2D eigenvalue weighted by Gasteiger charge is -1.98. The number of thioether (sulfide) groups is 2. The van der Waals surface area contributed by atoms with Gasteiger partial charge in [-0.15, -0.1) is 0 Å². The van der Waals surface area contributed by atoms with Crippen LogP contribution in [0.15, 0.2) is 51.2 Å². The summed E-state index contributed by atoms with van der Waals surface area (Å²) in [7, 11) is 0. The second kappa shape index (κ2) is 10.1. The molecule has 0 fully saturated rings. The minimum absolute atomic E-state index is 0.555. The van der Waals surface area contributed by atoms with Crippen molar-refractivity contribution < 1.29 is 0 Å². The normalized spacial score (nSPS) is 12.1. The molecule has 0 radical (unpaired) electrons. The molecular weight excluding hydrogens is 286 g/mol. The maximum Gasteiger partial charge on any atom is 0.0993 e. The first-order chi connectivity index (χ1) is 9.80. The molecule has 0 atom stereocenters. The van der Waals surface area contributed by atoms with Gasteiger partial charge >= 0.3 is 0 Å². The standard InChI is InChI=1S/C15H15N3S2/c1-3-5-19-11-17-14-7-13(10-16)8-15(9-14)18-12-20-6-4-2/h3-9,11-12H,1-2H3/b5-3-,6-4-,17-11+,18-12+. The minimum atomic E-state index is 0.555. The van der Waals surface area contributed by atoms with Crippen molar-refractivity contribution >= 4 is 46.0 Å². The quantitative estimate of drug-likeness (QED) is 0.521. The summed E-state index contributed by atoms with van der Waals surface area (Å²) in [5, 5.41) is 12.9. The zero-order valence-electron chi connectivity index (χ0n) is 11.4. The van der Waals surface area contributed by atoms with E-state index in [0.29, 0.717) is 5.56 Å². The Balaban J connectivity index is 2.88. The lowest BCUT2D eigenvalue weighted by molar-refractivity contribution is 1.44. The van der Waals surface area contributed by atoms with Crippen LogP contribution in [0.2, 0.25) is 0 Å². The molecular formula is C15H15N3S2. The van der Waals surface area contributed by atoms with Crippen molar-refractivity contribution in [3.63, 3.8) is 0 Å². The Hall–Kier alpha value is -1.77. The molecule has 0 N–H and O–H groups in total. The van der Waals surface area contributed by atoms with Gasteiger partial charge in [-0.25, -0.2) is 9.98 Å². The molecule has 1 aromatic rings. The number of nitriles is 1. The van der Waals surface area contributed by atoms with Crippen LogP contribution in [0.3, 0.4) is 0 Å². The first-order valence-electron chi connectivity index (χ1n) is 5.93. The maximum absolute atomic E-state index is 9.02.